The minimum atomic E-state index is -3.14. The molecule has 0 radical (unpaired) electrons. The lowest BCUT2D eigenvalue weighted by Gasteiger charge is -2.16. The first-order valence-corrected chi connectivity index (χ1v) is 8.03. The van der Waals surface area contributed by atoms with Gasteiger partial charge in [0.25, 0.3) is 18.5 Å². The van der Waals surface area contributed by atoms with Gasteiger partial charge in [-0.25, -0.2) is 17.6 Å². The number of halogens is 4. The molecule has 2 rings (SSSR count). The third-order valence-corrected chi connectivity index (χ3v) is 3.71. The molecule has 28 heavy (non-hydrogen) atoms. The van der Waals surface area contributed by atoms with Gasteiger partial charge < -0.3 is 10.1 Å². The molecule has 8 nitrogen and oxygen atoms in total. The zero-order valence-corrected chi connectivity index (χ0v) is 14.7. The summed E-state index contributed by atoms with van der Waals surface area (Å²) >= 11 is 0. The van der Waals surface area contributed by atoms with Crippen LogP contribution in [0.3, 0.4) is 0 Å². The highest BCUT2D eigenvalue weighted by Crippen LogP contribution is 2.31. The first-order chi connectivity index (χ1) is 13.1. The van der Waals surface area contributed by atoms with Crippen LogP contribution < -0.4 is 10.1 Å². The van der Waals surface area contributed by atoms with Gasteiger partial charge in [0.1, 0.15) is 28.9 Å². The van der Waals surface area contributed by atoms with Gasteiger partial charge in [-0.3, -0.25) is 19.6 Å². The van der Waals surface area contributed by atoms with E-state index >= 15 is 0 Å². The summed E-state index contributed by atoms with van der Waals surface area (Å²) in [6.45, 7) is 3.10. The maximum absolute atomic E-state index is 13.1. The summed E-state index contributed by atoms with van der Waals surface area (Å²) in [5.74, 6) is -0.744. The van der Waals surface area contributed by atoms with Crippen LogP contribution in [0.4, 0.5) is 28.9 Å². The molecule has 0 aliphatic rings. The van der Waals surface area contributed by atoms with Gasteiger partial charge in [0.05, 0.1) is 17.6 Å². The lowest BCUT2D eigenvalue weighted by atomic mass is 10.2. The second-order valence-electron chi connectivity index (χ2n) is 5.57. The minimum absolute atomic E-state index is 0.203. The molecule has 1 aromatic carbocycles. The molecule has 1 heterocycles. The molecule has 152 valence electrons. The van der Waals surface area contributed by atoms with Crippen LogP contribution in [0.5, 0.6) is 5.75 Å². The Kier molecular flexibility index (Phi) is 6.54. The van der Waals surface area contributed by atoms with E-state index in [2.05, 4.69) is 10.4 Å². The van der Waals surface area contributed by atoms with Gasteiger partial charge in [0, 0.05) is 0 Å². The molecule has 0 fully saturated rings. The number of nitrogens with zero attached hydrogens (tertiary/aromatic N) is 3. The molecule has 1 aromatic heterocycles. The number of aromatic nitrogens is 2. The predicted octanol–water partition coefficient (Wildman–Crippen LogP) is 4.26. The number of amides is 1. The average Bonchev–Trinajstić information content (AvgIpc) is 3.08. The van der Waals surface area contributed by atoms with Crippen LogP contribution in [0.25, 0.3) is 0 Å². The number of benzene rings is 1. The lowest BCUT2D eigenvalue weighted by Crippen LogP contribution is -2.26. The Bertz CT molecular complexity index is 872. The van der Waals surface area contributed by atoms with Gasteiger partial charge in [0.15, 0.2) is 0 Å². The Morgan fingerprint density at radius 2 is 1.96 bits per heavy atom. The van der Waals surface area contributed by atoms with Crippen molar-refractivity contribution in [3.63, 3.8) is 0 Å². The van der Waals surface area contributed by atoms with E-state index in [1.165, 1.54) is 12.1 Å². The van der Waals surface area contributed by atoms with E-state index in [1.807, 2.05) is 0 Å². The van der Waals surface area contributed by atoms with Crippen molar-refractivity contribution in [2.75, 3.05) is 11.9 Å². The van der Waals surface area contributed by atoms with Crippen molar-refractivity contribution >= 4 is 17.3 Å². The van der Waals surface area contributed by atoms with Crippen LogP contribution in [0.2, 0.25) is 0 Å². The number of carbonyl (C=O) groups excluding carboxylic acids is 1. The van der Waals surface area contributed by atoms with E-state index in [9.17, 15) is 32.5 Å². The zero-order chi connectivity index (χ0) is 21.0. The van der Waals surface area contributed by atoms with Crippen LogP contribution >= 0.6 is 0 Å². The van der Waals surface area contributed by atoms with Gasteiger partial charge >= 0.3 is 0 Å². The fourth-order valence-corrected chi connectivity index (χ4v) is 2.38. The summed E-state index contributed by atoms with van der Waals surface area (Å²) in [5.41, 5.74) is -2.44. The van der Waals surface area contributed by atoms with Crippen LogP contribution in [0.15, 0.2) is 24.3 Å². The Balaban J connectivity index is 2.31. The van der Waals surface area contributed by atoms with E-state index in [1.54, 1.807) is 6.92 Å². The van der Waals surface area contributed by atoms with Crippen LogP contribution in [-0.2, 0) is 4.79 Å². The molecule has 0 saturated heterocycles. The average molecular weight is 404 g/mol. The summed E-state index contributed by atoms with van der Waals surface area (Å²) < 4.78 is 57.4. The highest BCUT2D eigenvalue weighted by atomic mass is 19.3. The summed E-state index contributed by atoms with van der Waals surface area (Å²) in [6.07, 6.45) is -6.24. The number of alkyl halides is 4. The fourth-order valence-electron chi connectivity index (χ4n) is 2.38. The van der Waals surface area contributed by atoms with E-state index in [0.29, 0.717) is 10.7 Å². The van der Waals surface area contributed by atoms with Crippen molar-refractivity contribution in [2.24, 2.45) is 0 Å². The number of hydrogen-bond donors (Lipinski definition) is 1. The highest BCUT2D eigenvalue weighted by molar-refractivity contribution is 5.95. The molecule has 0 aliphatic heterocycles. The van der Waals surface area contributed by atoms with Gasteiger partial charge in [-0.15, -0.1) is 0 Å². The Morgan fingerprint density at radius 1 is 1.29 bits per heavy atom. The number of ether oxygens (including phenoxy) is 1. The standard InChI is InChI=1S/C16H16F4N4O4/c1-3-28-9-4-5-10(12(6-9)24(26)27)21-16(25)8(2)23-13(15(19)20)7-11(22-23)14(17)18/h4-8,14-15H,3H2,1-2H3,(H,21,25). The normalized spacial score (nSPS) is 12.3. The molecule has 0 saturated carbocycles. The largest absolute Gasteiger partial charge is 0.494 e. The van der Waals surface area contributed by atoms with Gasteiger partial charge in [-0.2, -0.15) is 5.10 Å². The number of hydrogen-bond acceptors (Lipinski definition) is 5. The van der Waals surface area contributed by atoms with Crippen LogP contribution in [0, 0.1) is 10.1 Å². The van der Waals surface area contributed by atoms with Crippen molar-refractivity contribution in [1.82, 2.24) is 9.78 Å². The van der Waals surface area contributed by atoms with Crippen molar-refractivity contribution in [3.05, 3.63) is 45.8 Å². The van der Waals surface area contributed by atoms with Gasteiger partial charge in [-0.1, -0.05) is 0 Å². The van der Waals surface area contributed by atoms with E-state index in [4.69, 9.17) is 4.74 Å². The molecular formula is C16H16F4N4O4. The molecular weight excluding hydrogens is 388 g/mol. The first kappa shape index (κ1) is 21.1. The van der Waals surface area contributed by atoms with Crippen molar-refractivity contribution in [1.29, 1.82) is 0 Å². The van der Waals surface area contributed by atoms with Crippen LogP contribution in [0.1, 0.15) is 44.1 Å². The second-order valence-corrected chi connectivity index (χ2v) is 5.57. The molecule has 1 atom stereocenters. The van der Waals surface area contributed by atoms with E-state index in [-0.39, 0.29) is 18.0 Å². The fraction of sp³-hybridized carbons (Fsp3) is 0.375. The number of rotatable bonds is 8. The summed E-state index contributed by atoms with van der Waals surface area (Å²) in [6, 6.07) is 2.78. The number of nitrogens with one attached hydrogen (secondary N) is 1. The predicted molar refractivity (Wildman–Crippen MR) is 89.7 cm³/mol. The van der Waals surface area contributed by atoms with Crippen LogP contribution in [-0.4, -0.2) is 27.2 Å². The van der Waals surface area contributed by atoms with Crippen molar-refractivity contribution in [3.8, 4) is 5.75 Å². The summed E-state index contributed by atoms with van der Waals surface area (Å²) in [7, 11) is 0. The van der Waals surface area contributed by atoms with E-state index in [0.717, 1.165) is 13.0 Å². The summed E-state index contributed by atoms with van der Waals surface area (Å²) in [4.78, 5) is 22.9. The quantitative estimate of drug-likeness (QED) is 0.403. The number of anilines is 1. The number of carbonyl (C=O) groups is 1. The molecule has 12 heteroatoms. The highest BCUT2D eigenvalue weighted by Gasteiger charge is 2.28. The second kappa shape index (κ2) is 8.67. The van der Waals surface area contributed by atoms with Crippen molar-refractivity contribution in [2.45, 2.75) is 32.7 Å². The zero-order valence-electron chi connectivity index (χ0n) is 14.7. The smallest absolute Gasteiger partial charge is 0.296 e. The third kappa shape index (κ3) is 4.56. The Morgan fingerprint density at radius 3 is 2.50 bits per heavy atom. The third-order valence-electron chi connectivity index (χ3n) is 3.71. The number of nitro groups is 1. The minimum Gasteiger partial charge on any atom is -0.494 e. The molecule has 2 aromatic rings. The molecule has 1 N–H and O–H groups in total. The molecule has 1 amide bonds. The monoisotopic (exact) mass is 404 g/mol. The summed E-state index contributed by atoms with van der Waals surface area (Å²) in [5, 5.41) is 16.8. The molecule has 0 aliphatic carbocycles. The maximum Gasteiger partial charge on any atom is 0.296 e. The first-order valence-electron chi connectivity index (χ1n) is 8.03. The Hall–Kier alpha value is -3.18. The molecule has 0 spiro atoms. The maximum atomic E-state index is 13.1. The van der Waals surface area contributed by atoms with Crippen molar-refractivity contribution < 1.29 is 32.0 Å². The van der Waals surface area contributed by atoms with E-state index < -0.39 is 46.8 Å². The van der Waals surface area contributed by atoms with Gasteiger partial charge in [0.2, 0.25) is 5.91 Å². The SMILES string of the molecule is CCOc1ccc(NC(=O)C(C)n2nc(C(F)F)cc2C(F)F)c([N+](=O)[O-])c1. The number of nitro benzene ring substituents is 1. The molecule has 1 unspecified atom stereocenters. The molecule has 0 bridgehead atoms. The lowest BCUT2D eigenvalue weighted by molar-refractivity contribution is -0.384. The van der Waals surface area contributed by atoms with Gasteiger partial charge in [-0.05, 0) is 32.0 Å². The Labute approximate surface area is 156 Å². The topological polar surface area (TPSA) is 99.3 Å².